The van der Waals surface area contributed by atoms with Crippen LogP contribution in [0.5, 0.6) is 11.5 Å². The van der Waals surface area contributed by atoms with E-state index in [2.05, 4.69) is 36.5 Å². The van der Waals surface area contributed by atoms with E-state index in [-0.39, 0.29) is 18.4 Å². The number of esters is 1. The molecule has 1 atom stereocenters. The summed E-state index contributed by atoms with van der Waals surface area (Å²) in [7, 11) is 2.82. The van der Waals surface area contributed by atoms with Gasteiger partial charge in [-0.1, -0.05) is 13.8 Å². The van der Waals surface area contributed by atoms with Crippen molar-refractivity contribution in [1.82, 2.24) is 10.7 Å². The van der Waals surface area contributed by atoms with Gasteiger partial charge in [0, 0.05) is 5.56 Å². The van der Waals surface area contributed by atoms with E-state index in [0.717, 1.165) is 0 Å². The molecule has 0 saturated heterocycles. The molecule has 0 aliphatic carbocycles. The Labute approximate surface area is 200 Å². The second kappa shape index (κ2) is 12.6. The van der Waals surface area contributed by atoms with E-state index in [4.69, 9.17) is 9.47 Å². The molecule has 0 radical (unpaired) electrons. The fourth-order valence-electron chi connectivity index (χ4n) is 2.65. The van der Waals surface area contributed by atoms with Crippen molar-refractivity contribution in [2.75, 3.05) is 20.8 Å². The summed E-state index contributed by atoms with van der Waals surface area (Å²) in [4.78, 5) is 36.3. The van der Waals surface area contributed by atoms with E-state index in [9.17, 15) is 14.4 Å². The van der Waals surface area contributed by atoms with Crippen LogP contribution in [0.1, 0.15) is 29.8 Å². The average molecular weight is 520 g/mol. The number of hydrogen-bond donors (Lipinski definition) is 2. The van der Waals surface area contributed by atoms with Gasteiger partial charge in [0.05, 0.1) is 24.9 Å². The lowest BCUT2D eigenvalue weighted by molar-refractivity contribution is -0.142. The molecule has 1 unspecified atom stereocenters. The van der Waals surface area contributed by atoms with Crippen molar-refractivity contribution in [3.05, 3.63) is 58.1 Å². The Balaban J connectivity index is 1.97. The summed E-state index contributed by atoms with van der Waals surface area (Å²) < 4.78 is 15.6. The Kier molecular flexibility index (Phi) is 9.86. The Morgan fingerprint density at radius 2 is 1.79 bits per heavy atom. The van der Waals surface area contributed by atoms with Crippen molar-refractivity contribution >= 4 is 39.9 Å². The highest BCUT2D eigenvalue weighted by Gasteiger charge is 2.24. The van der Waals surface area contributed by atoms with Gasteiger partial charge in [0.1, 0.15) is 17.5 Å². The molecule has 33 heavy (non-hydrogen) atoms. The van der Waals surface area contributed by atoms with Gasteiger partial charge in [-0.3, -0.25) is 9.59 Å². The Bertz CT molecular complexity index is 1010. The van der Waals surface area contributed by atoms with Crippen molar-refractivity contribution in [1.29, 1.82) is 0 Å². The standard InChI is InChI=1S/C23H26BrN3O6/c1-14(2)21(26-22(29)16-6-8-17(31-3)9-7-16)23(30)27-25-12-15-5-10-19(18(24)11-15)33-13-20(28)32-4/h5-12,14,21H,13H2,1-4H3,(H,26,29)(H,27,30). The van der Waals surface area contributed by atoms with Crippen LogP contribution in [0.2, 0.25) is 0 Å². The number of nitrogens with one attached hydrogen (secondary N) is 2. The van der Waals surface area contributed by atoms with Gasteiger partial charge in [0.2, 0.25) is 0 Å². The number of carbonyl (C=O) groups is 3. The van der Waals surface area contributed by atoms with Crippen LogP contribution < -0.4 is 20.2 Å². The molecule has 2 N–H and O–H groups in total. The minimum atomic E-state index is -0.780. The van der Waals surface area contributed by atoms with Gasteiger partial charge in [-0.15, -0.1) is 0 Å². The molecule has 0 bridgehead atoms. The first-order chi connectivity index (χ1) is 15.7. The van der Waals surface area contributed by atoms with Crippen LogP contribution in [0.3, 0.4) is 0 Å². The van der Waals surface area contributed by atoms with Crippen LogP contribution in [-0.2, 0) is 14.3 Å². The lowest BCUT2D eigenvalue weighted by Gasteiger charge is -2.20. The molecule has 9 nitrogen and oxygen atoms in total. The number of ether oxygens (including phenoxy) is 3. The maximum absolute atomic E-state index is 12.6. The smallest absolute Gasteiger partial charge is 0.343 e. The van der Waals surface area contributed by atoms with Crippen LogP contribution in [0.4, 0.5) is 0 Å². The topological polar surface area (TPSA) is 115 Å². The molecule has 0 spiro atoms. The zero-order valence-corrected chi connectivity index (χ0v) is 20.3. The van der Waals surface area contributed by atoms with Crippen molar-refractivity contribution in [3.63, 3.8) is 0 Å². The summed E-state index contributed by atoms with van der Waals surface area (Å²) >= 11 is 3.36. The third-order valence-corrected chi connectivity index (χ3v) is 5.13. The predicted octanol–water partition coefficient (Wildman–Crippen LogP) is 2.91. The highest BCUT2D eigenvalue weighted by molar-refractivity contribution is 9.10. The van der Waals surface area contributed by atoms with Crippen molar-refractivity contribution in [2.45, 2.75) is 19.9 Å². The number of carbonyl (C=O) groups excluding carboxylic acids is 3. The van der Waals surface area contributed by atoms with Gasteiger partial charge in [0.25, 0.3) is 11.8 Å². The fraction of sp³-hybridized carbons (Fsp3) is 0.304. The number of benzene rings is 2. The first-order valence-corrected chi connectivity index (χ1v) is 10.8. The molecule has 10 heteroatoms. The summed E-state index contributed by atoms with van der Waals surface area (Å²) in [6.45, 7) is 3.44. The van der Waals surface area contributed by atoms with Crippen LogP contribution >= 0.6 is 15.9 Å². The van der Waals surface area contributed by atoms with Gasteiger partial charge < -0.3 is 19.5 Å². The number of hydrogen-bond acceptors (Lipinski definition) is 7. The molecule has 0 aliphatic rings. The molecule has 0 heterocycles. The molecule has 0 aromatic heterocycles. The molecule has 2 rings (SSSR count). The SMILES string of the molecule is COC(=O)COc1ccc(C=NNC(=O)C(NC(=O)c2ccc(OC)cc2)C(C)C)cc1Br. The zero-order chi connectivity index (χ0) is 24.4. The van der Waals surface area contributed by atoms with Gasteiger partial charge in [-0.25, -0.2) is 10.2 Å². The molecule has 0 aliphatic heterocycles. The average Bonchev–Trinajstić information content (AvgIpc) is 2.81. The maximum Gasteiger partial charge on any atom is 0.343 e. The zero-order valence-electron chi connectivity index (χ0n) is 18.8. The number of hydrazone groups is 1. The molecule has 0 saturated carbocycles. The Morgan fingerprint density at radius 1 is 1.09 bits per heavy atom. The molecule has 176 valence electrons. The van der Waals surface area contributed by atoms with E-state index in [1.807, 2.05) is 13.8 Å². The minimum Gasteiger partial charge on any atom is -0.497 e. The Hall–Kier alpha value is -3.40. The van der Waals surface area contributed by atoms with Crippen molar-refractivity contribution in [2.24, 2.45) is 11.0 Å². The van der Waals surface area contributed by atoms with E-state index in [0.29, 0.717) is 27.1 Å². The lowest BCUT2D eigenvalue weighted by Crippen LogP contribution is -2.48. The number of halogens is 1. The molecule has 2 aromatic rings. The van der Waals surface area contributed by atoms with Crippen LogP contribution in [0.25, 0.3) is 0 Å². The van der Waals surface area contributed by atoms with E-state index < -0.39 is 17.9 Å². The second-order valence-corrected chi connectivity index (χ2v) is 8.07. The fourth-order valence-corrected chi connectivity index (χ4v) is 3.16. The summed E-state index contributed by atoms with van der Waals surface area (Å²) in [6.07, 6.45) is 1.45. The Morgan fingerprint density at radius 3 is 2.36 bits per heavy atom. The number of rotatable bonds is 10. The molecule has 0 fully saturated rings. The van der Waals surface area contributed by atoms with E-state index >= 15 is 0 Å². The van der Waals surface area contributed by atoms with Gasteiger partial charge in [0.15, 0.2) is 6.61 Å². The molecule has 2 amide bonds. The summed E-state index contributed by atoms with van der Waals surface area (Å²) in [5.41, 5.74) is 3.55. The van der Waals surface area contributed by atoms with Crippen LogP contribution in [-0.4, -0.2) is 50.9 Å². The first-order valence-electron chi connectivity index (χ1n) is 10.0. The summed E-state index contributed by atoms with van der Waals surface area (Å²) in [5.74, 6) is -0.379. The normalized spacial score (nSPS) is 11.7. The van der Waals surface area contributed by atoms with Crippen molar-refractivity contribution in [3.8, 4) is 11.5 Å². The highest BCUT2D eigenvalue weighted by atomic mass is 79.9. The number of nitrogens with zero attached hydrogens (tertiary/aromatic N) is 1. The van der Waals surface area contributed by atoms with Gasteiger partial charge in [-0.05, 0) is 69.9 Å². The van der Waals surface area contributed by atoms with E-state index in [1.54, 1.807) is 49.6 Å². The van der Waals surface area contributed by atoms with Gasteiger partial charge >= 0.3 is 5.97 Å². The molecular formula is C23H26BrN3O6. The number of methoxy groups -OCH3 is 2. The monoisotopic (exact) mass is 519 g/mol. The third-order valence-electron chi connectivity index (χ3n) is 4.51. The molecule has 2 aromatic carbocycles. The highest BCUT2D eigenvalue weighted by Crippen LogP contribution is 2.25. The van der Waals surface area contributed by atoms with Crippen LogP contribution in [0.15, 0.2) is 52.0 Å². The number of amides is 2. The van der Waals surface area contributed by atoms with Gasteiger partial charge in [-0.2, -0.15) is 5.10 Å². The minimum absolute atomic E-state index is 0.164. The lowest BCUT2D eigenvalue weighted by atomic mass is 10.0. The predicted molar refractivity (Wildman–Crippen MR) is 126 cm³/mol. The largest absolute Gasteiger partial charge is 0.497 e. The summed E-state index contributed by atoms with van der Waals surface area (Å²) in [6, 6.07) is 10.9. The van der Waals surface area contributed by atoms with E-state index in [1.165, 1.54) is 13.3 Å². The third kappa shape index (κ3) is 7.90. The van der Waals surface area contributed by atoms with Crippen molar-refractivity contribution < 1.29 is 28.6 Å². The van der Waals surface area contributed by atoms with Crippen LogP contribution in [0, 0.1) is 5.92 Å². The quantitative estimate of drug-likeness (QED) is 0.283. The summed E-state index contributed by atoms with van der Waals surface area (Å²) in [5, 5.41) is 6.71. The maximum atomic E-state index is 12.6. The molecular weight excluding hydrogens is 494 g/mol. The first kappa shape index (κ1) is 25.9. The second-order valence-electron chi connectivity index (χ2n) is 7.21.